The number of hydrogen-bond donors (Lipinski definition) is 2. The Balaban J connectivity index is 1.42. The van der Waals surface area contributed by atoms with Crippen LogP contribution in [-0.4, -0.2) is 46.9 Å². The van der Waals surface area contributed by atoms with Crippen LogP contribution < -0.4 is 15.0 Å². The van der Waals surface area contributed by atoms with Crippen LogP contribution in [0.15, 0.2) is 48.7 Å². The number of aromatic amines is 1. The Morgan fingerprint density at radius 1 is 1.29 bits per heavy atom. The lowest BCUT2D eigenvalue weighted by Crippen LogP contribution is -2.48. The molecule has 146 valence electrons. The Bertz CT molecular complexity index is 944. The molecule has 0 radical (unpaired) electrons. The van der Waals surface area contributed by atoms with E-state index in [0.717, 1.165) is 48.8 Å². The van der Waals surface area contributed by atoms with Gasteiger partial charge in [0.15, 0.2) is 5.82 Å². The van der Waals surface area contributed by atoms with Crippen molar-refractivity contribution in [2.75, 3.05) is 25.1 Å². The Labute approximate surface area is 164 Å². The fraction of sp³-hybridized carbons (Fsp3) is 0.333. The van der Waals surface area contributed by atoms with Crippen molar-refractivity contribution in [2.45, 2.75) is 18.9 Å². The van der Waals surface area contributed by atoms with Gasteiger partial charge in [0.1, 0.15) is 11.4 Å². The lowest BCUT2D eigenvalue weighted by atomic mass is 10.1. The number of H-pyrrole nitrogens is 1. The van der Waals surface area contributed by atoms with Crippen LogP contribution in [0.4, 0.5) is 5.82 Å². The van der Waals surface area contributed by atoms with Crippen LogP contribution in [0.25, 0.3) is 11.3 Å². The third-order valence-electron chi connectivity index (χ3n) is 5.22. The van der Waals surface area contributed by atoms with E-state index >= 15 is 0 Å². The molecule has 1 aliphatic rings. The normalized spacial score (nSPS) is 16.8. The van der Waals surface area contributed by atoms with Gasteiger partial charge in [0.25, 0.3) is 5.91 Å². The van der Waals surface area contributed by atoms with Crippen molar-refractivity contribution >= 4 is 11.7 Å². The quantitative estimate of drug-likeness (QED) is 0.715. The summed E-state index contributed by atoms with van der Waals surface area (Å²) >= 11 is 0. The molecule has 1 unspecified atom stereocenters. The van der Waals surface area contributed by atoms with Gasteiger partial charge in [0.2, 0.25) is 0 Å². The van der Waals surface area contributed by atoms with E-state index in [1.165, 1.54) is 0 Å². The zero-order chi connectivity index (χ0) is 19.5. The van der Waals surface area contributed by atoms with Crippen LogP contribution in [0.1, 0.15) is 23.3 Å². The summed E-state index contributed by atoms with van der Waals surface area (Å²) in [5.41, 5.74) is 2.71. The first-order valence-electron chi connectivity index (χ1n) is 9.51. The molecule has 1 amide bonds. The summed E-state index contributed by atoms with van der Waals surface area (Å²) in [4.78, 5) is 14.7. The lowest BCUT2D eigenvalue weighted by molar-refractivity contribution is 0.0925. The topological polar surface area (TPSA) is 75.2 Å². The Morgan fingerprint density at radius 3 is 2.82 bits per heavy atom. The molecule has 3 heterocycles. The SMILES string of the molecule is COc1ccc(-c2cc(N3CCCC(NC(=O)c4cccn4C)C3)n[nH]2)cc1. The first-order valence-corrected chi connectivity index (χ1v) is 9.51. The Kier molecular flexibility index (Phi) is 5.06. The third kappa shape index (κ3) is 3.74. The number of amides is 1. The molecule has 0 bridgehead atoms. The van der Waals surface area contributed by atoms with E-state index in [1.54, 1.807) is 7.11 Å². The van der Waals surface area contributed by atoms with Crippen molar-refractivity contribution in [3.8, 4) is 17.0 Å². The number of rotatable bonds is 5. The van der Waals surface area contributed by atoms with Crippen LogP contribution in [0.2, 0.25) is 0 Å². The van der Waals surface area contributed by atoms with E-state index in [-0.39, 0.29) is 11.9 Å². The first kappa shape index (κ1) is 18.2. The molecule has 3 aromatic rings. The molecule has 4 rings (SSSR count). The number of benzene rings is 1. The summed E-state index contributed by atoms with van der Waals surface area (Å²) in [6, 6.07) is 13.8. The first-order chi connectivity index (χ1) is 13.6. The fourth-order valence-corrected chi connectivity index (χ4v) is 3.65. The number of piperidine rings is 1. The van der Waals surface area contributed by atoms with Gasteiger partial charge < -0.3 is 19.5 Å². The van der Waals surface area contributed by atoms with E-state index in [0.29, 0.717) is 5.69 Å². The third-order valence-corrected chi connectivity index (χ3v) is 5.22. The van der Waals surface area contributed by atoms with Crippen molar-refractivity contribution in [1.29, 1.82) is 0 Å². The average Bonchev–Trinajstić information content (AvgIpc) is 3.37. The van der Waals surface area contributed by atoms with Crippen LogP contribution in [-0.2, 0) is 7.05 Å². The van der Waals surface area contributed by atoms with Crippen LogP contribution >= 0.6 is 0 Å². The summed E-state index contributed by atoms with van der Waals surface area (Å²) < 4.78 is 7.05. The molecule has 2 aromatic heterocycles. The van der Waals surface area contributed by atoms with Gasteiger partial charge in [0, 0.05) is 38.4 Å². The number of hydrogen-bond acceptors (Lipinski definition) is 4. The second-order valence-corrected chi connectivity index (χ2v) is 7.13. The maximum Gasteiger partial charge on any atom is 0.268 e. The number of nitrogens with zero attached hydrogens (tertiary/aromatic N) is 3. The highest BCUT2D eigenvalue weighted by Gasteiger charge is 2.24. The van der Waals surface area contributed by atoms with Gasteiger partial charge in [-0.3, -0.25) is 9.89 Å². The summed E-state index contributed by atoms with van der Waals surface area (Å²) in [5, 5.41) is 10.8. The molecule has 7 nitrogen and oxygen atoms in total. The number of ether oxygens (including phenoxy) is 1. The van der Waals surface area contributed by atoms with E-state index in [1.807, 2.05) is 54.2 Å². The van der Waals surface area contributed by atoms with Crippen LogP contribution in [0.3, 0.4) is 0 Å². The maximum absolute atomic E-state index is 12.5. The minimum atomic E-state index is -0.0275. The number of aromatic nitrogens is 3. The van der Waals surface area contributed by atoms with E-state index in [9.17, 15) is 4.79 Å². The zero-order valence-corrected chi connectivity index (χ0v) is 16.2. The molecule has 1 aromatic carbocycles. The molecule has 1 atom stereocenters. The molecular weight excluding hydrogens is 354 g/mol. The number of carbonyl (C=O) groups is 1. The van der Waals surface area contributed by atoms with Gasteiger partial charge in [-0.05, 0) is 54.8 Å². The summed E-state index contributed by atoms with van der Waals surface area (Å²) in [6.07, 6.45) is 3.87. The lowest BCUT2D eigenvalue weighted by Gasteiger charge is -2.33. The van der Waals surface area contributed by atoms with Gasteiger partial charge in [-0.25, -0.2) is 0 Å². The number of methoxy groups -OCH3 is 1. The molecule has 1 saturated heterocycles. The average molecular weight is 379 g/mol. The monoisotopic (exact) mass is 379 g/mol. The van der Waals surface area contributed by atoms with Crippen molar-refractivity contribution in [2.24, 2.45) is 7.05 Å². The van der Waals surface area contributed by atoms with Crippen molar-refractivity contribution in [3.63, 3.8) is 0 Å². The van der Waals surface area contributed by atoms with Gasteiger partial charge in [-0.1, -0.05) is 0 Å². The molecular formula is C21H25N5O2. The van der Waals surface area contributed by atoms with E-state index < -0.39 is 0 Å². The molecule has 2 N–H and O–H groups in total. The smallest absolute Gasteiger partial charge is 0.268 e. The van der Waals surface area contributed by atoms with E-state index in [2.05, 4.69) is 26.5 Å². The number of aryl methyl sites for hydroxylation is 1. The largest absolute Gasteiger partial charge is 0.497 e. The summed E-state index contributed by atoms with van der Waals surface area (Å²) in [6.45, 7) is 1.69. The number of nitrogens with one attached hydrogen (secondary N) is 2. The highest BCUT2D eigenvalue weighted by Crippen LogP contribution is 2.25. The second kappa shape index (κ2) is 7.80. The van der Waals surface area contributed by atoms with E-state index in [4.69, 9.17) is 4.74 Å². The predicted octanol–water partition coefficient (Wildman–Crippen LogP) is 2.82. The van der Waals surface area contributed by atoms with Crippen LogP contribution in [0, 0.1) is 0 Å². The van der Waals surface area contributed by atoms with Gasteiger partial charge in [0.05, 0.1) is 12.8 Å². The molecule has 1 aliphatic heterocycles. The van der Waals surface area contributed by atoms with Gasteiger partial charge in [-0.2, -0.15) is 5.10 Å². The molecule has 0 spiro atoms. The van der Waals surface area contributed by atoms with Crippen molar-refractivity contribution in [1.82, 2.24) is 20.1 Å². The molecule has 0 aliphatic carbocycles. The van der Waals surface area contributed by atoms with Crippen molar-refractivity contribution < 1.29 is 9.53 Å². The molecule has 0 saturated carbocycles. The number of anilines is 1. The minimum Gasteiger partial charge on any atom is -0.497 e. The Morgan fingerprint density at radius 2 is 2.11 bits per heavy atom. The summed E-state index contributed by atoms with van der Waals surface area (Å²) in [5.74, 6) is 1.71. The highest BCUT2D eigenvalue weighted by atomic mass is 16.5. The Hall–Kier alpha value is -3.22. The highest BCUT2D eigenvalue weighted by molar-refractivity contribution is 5.93. The van der Waals surface area contributed by atoms with Crippen molar-refractivity contribution in [3.05, 3.63) is 54.4 Å². The standard InChI is InChI=1S/C21H25N5O2/c1-25-11-4-6-19(25)21(27)22-16-5-3-12-26(14-16)20-13-18(23-24-20)15-7-9-17(28-2)10-8-15/h4,6-11,13,16H,3,5,12,14H2,1-2H3,(H,22,27)(H,23,24). The predicted molar refractivity (Wildman–Crippen MR) is 109 cm³/mol. The maximum atomic E-state index is 12.5. The second-order valence-electron chi connectivity index (χ2n) is 7.13. The molecule has 7 heteroatoms. The van der Waals surface area contributed by atoms with Crippen LogP contribution in [0.5, 0.6) is 5.75 Å². The number of carbonyl (C=O) groups excluding carboxylic acids is 1. The fourth-order valence-electron chi connectivity index (χ4n) is 3.65. The summed E-state index contributed by atoms with van der Waals surface area (Å²) in [7, 11) is 3.54. The minimum absolute atomic E-state index is 0.0275. The van der Waals surface area contributed by atoms with Gasteiger partial charge in [-0.15, -0.1) is 0 Å². The van der Waals surface area contributed by atoms with Gasteiger partial charge >= 0.3 is 0 Å². The molecule has 1 fully saturated rings. The molecule has 28 heavy (non-hydrogen) atoms. The zero-order valence-electron chi connectivity index (χ0n) is 16.2.